The van der Waals surface area contributed by atoms with E-state index in [1.54, 1.807) is 0 Å². The van der Waals surface area contributed by atoms with Gasteiger partial charge >= 0.3 is 17.9 Å². The van der Waals surface area contributed by atoms with E-state index in [9.17, 15) is 39.6 Å². The Morgan fingerprint density at radius 3 is 2.39 bits per heavy atom. The van der Waals surface area contributed by atoms with Crippen LogP contribution in [0.1, 0.15) is 32.6 Å². The minimum Gasteiger partial charge on any atom is -0.481 e. The third kappa shape index (κ3) is 8.01. The normalized spacial score (nSPS) is 28.8. The second-order valence-corrected chi connectivity index (χ2v) is 7.30. The zero-order valence-electron chi connectivity index (χ0n) is 16.7. The van der Waals surface area contributed by atoms with Crippen molar-refractivity contribution < 1.29 is 59.3 Å². The lowest BCUT2D eigenvalue weighted by Gasteiger charge is -2.44. The smallest absolute Gasteiger partial charge is 0.364 e. The highest BCUT2D eigenvalue weighted by Crippen LogP contribution is 2.35. The summed E-state index contributed by atoms with van der Waals surface area (Å²) in [6, 6.07) is -1.25. The van der Waals surface area contributed by atoms with E-state index in [1.807, 2.05) is 0 Å². The van der Waals surface area contributed by atoms with Crippen molar-refractivity contribution in [3.63, 3.8) is 0 Å². The number of aliphatic hydroxyl groups is 4. The van der Waals surface area contributed by atoms with Crippen LogP contribution in [0.2, 0.25) is 0 Å². The van der Waals surface area contributed by atoms with Gasteiger partial charge in [-0.15, -0.1) is 0 Å². The number of aliphatic hydroxyl groups excluding tert-OH is 3. The zero-order chi connectivity index (χ0) is 23.9. The number of hydrogen-bond donors (Lipinski definition) is 8. The van der Waals surface area contributed by atoms with Crippen molar-refractivity contribution in [2.75, 3.05) is 6.61 Å². The molecule has 7 atom stereocenters. The molecule has 178 valence electrons. The van der Waals surface area contributed by atoms with E-state index in [0.717, 1.165) is 6.92 Å². The number of amides is 1. The number of esters is 1. The Kier molecular flexibility index (Phi) is 9.73. The van der Waals surface area contributed by atoms with E-state index in [-0.39, 0.29) is 12.8 Å². The van der Waals surface area contributed by atoms with Crippen LogP contribution in [0.4, 0.5) is 0 Å². The minimum atomic E-state index is -2.81. The van der Waals surface area contributed by atoms with Gasteiger partial charge < -0.3 is 51.2 Å². The fourth-order valence-electron chi connectivity index (χ4n) is 3.12. The maximum Gasteiger partial charge on any atom is 0.364 e. The van der Waals surface area contributed by atoms with Crippen molar-refractivity contribution in [3.05, 3.63) is 0 Å². The lowest BCUT2D eigenvalue weighted by Crippen LogP contribution is -2.61. The largest absolute Gasteiger partial charge is 0.481 e. The molecule has 0 unspecified atom stereocenters. The molecular formula is C17H28N2O12. The van der Waals surface area contributed by atoms with Crippen LogP contribution in [-0.4, -0.2) is 97.4 Å². The number of aliphatic carboxylic acids is 2. The van der Waals surface area contributed by atoms with Crippen LogP contribution in [-0.2, 0) is 28.7 Å². The van der Waals surface area contributed by atoms with E-state index in [4.69, 9.17) is 25.4 Å². The Labute approximate surface area is 176 Å². The Hall–Kier alpha value is -2.36. The summed E-state index contributed by atoms with van der Waals surface area (Å²) in [6.45, 7) is 0.438. The van der Waals surface area contributed by atoms with E-state index in [0.29, 0.717) is 0 Å². The molecule has 14 heteroatoms. The molecule has 1 aliphatic rings. The fraction of sp³-hybridized carbons (Fsp3) is 0.765. The third-order valence-electron chi connectivity index (χ3n) is 4.65. The lowest BCUT2D eigenvalue weighted by atomic mass is 9.83. The summed E-state index contributed by atoms with van der Waals surface area (Å²) < 4.78 is 9.90. The minimum absolute atomic E-state index is 0.196. The van der Waals surface area contributed by atoms with Crippen molar-refractivity contribution in [2.24, 2.45) is 11.7 Å². The number of carboxylic acid groups (broad SMARTS) is 2. The highest BCUT2D eigenvalue weighted by atomic mass is 16.7. The molecule has 0 aliphatic carbocycles. The molecule has 0 radical (unpaired) electrons. The van der Waals surface area contributed by atoms with Gasteiger partial charge in [-0.2, -0.15) is 0 Å². The Morgan fingerprint density at radius 2 is 1.87 bits per heavy atom. The van der Waals surface area contributed by atoms with Crippen LogP contribution >= 0.6 is 0 Å². The molecule has 9 N–H and O–H groups in total. The predicted octanol–water partition coefficient (Wildman–Crippen LogP) is -3.53. The van der Waals surface area contributed by atoms with Crippen molar-refractivity contribution in [2.45, 2.75) is 69.0 Å². The summed E-state index contributed by atoms with van der Waals surface area (Å²) in [5, 5.41) is 60.5. The average Bonchev–Trinajstić information content (AvgIpc) is 2.62. The molecule has 0 aromatic rings. The fourth-order valence-corrected chi connectivity index (χ4v) is 3.12. The van der Waals surface area contributed by atoms with Crippen LogP contribution in [0.5, 0.6) is 0 Å². The molecular weight excluding hydrogens is 424 g/mol. The monoisotopic (exact) mass is 452 g/mol. The van der Waals surface area contributed by atoms with Crippen LogP contribution in [0, 0.1) is 5.92 Å². The van der Waals surface area contributed by atoms with Gasteiger partial charge in [0.15, 0.2) is 0 Å². The van der Waals surface area contributed by atoms with Gasteiger partial charge in [-0.25, -0.2) is 4.79 Å². The van der Waals surface area contributed by atoms with E-state index in [2.05, 4.69) is 5.32 Å². The first-order valence-corrected chi connectivity index (χ1v) is 9.35. The zero-order valence-corrected chi connectivity index (χ0v) is 16.7. The maximum absolute atomic E-state index is 11.8. The first-order chi connectivity index (χ1) is 14.3. The number of hydrogen-bond acceptors (Lipinski definition) is 11. The topological polar surface area (TPSA) is 246 Å². The predicted molar refractivity (Wildman–Crippen MR) is 97.8 cm³/mol. The molecule has 0 spiro atoms. The quantitative estimate of drug-likeness (QED) is 0.112. The highest BCUT2D eigenvalue weighted by Gasteiger charge is 2.53. The van der Waals surface area contributed by atoms with Crippen LogP contribution < -0.4 is 11.1 Å². The lowest BCUT2D eigenvalue weighted by molar-refractivity contribution is -0.297. The third-order valence-corrected chi connectivity index (χ3v) is 4.65. The molecule has 31 heavy (non-hydrogen) atoms. The van der Waals surface area contributed by atoms with E-state index >= 15 is 0 Å². The molecule has 0 aromatic carbocycles. The van der Waals surface area contributed by atoms with Gasteiger partial charge in [0.25, 0.3) is 5.79 Å². The summed E-state index contributed by atoms with van der Waals surface area (Å²) in [5.41, 5.74) is 5.48. The Balaban J connectivity index is 2.82. The van der Waals surface area contributed by atoms with Gasteiger partial charge in [-0.3, -0.25) is 14.4 Å². The second-order valence-electron chi connectivity index (χ2n) is 7.30. The summed E-state index contributed by atoms with van der Waals surface area (Å²) in [6.07, 6.45) is -8.20. The van der Waals surface area contributed by atoms with Gasteiger partial charge in [0.1, 0.15) is 18.9 Å². The molecule has 1 rings (SSSR count). The average molecular weight is 452 g/mol. The molecule has 14 nitrogen and oxygen atoms in total. The van der Waals surface area contributed by atoms with Gasteiger partial charge in [-0.1, -0.05) is 0 Å². The number of nitrogens with two attached hydrogens (primary N) is 1. The summed E-state index contributed by atoms with van der Waals surface area (Å²) in [4.78, 5) is 44.8. The number of carbonyl (C=O) groups excluding carboxylic acids is 2. The van der Waals surface area contributed by atoms with E-state index in [1.165, 1.54) is 0 Å². The van der Waals surface area contributed by atoms with Gasteiger partial charge in [-0.05, 0) is 6.42 Å². The summed E-state index contributed by atoms with van der Waals surface area (Å²) in [5.74, 6) is -8.76. The number of nitrogens with one attached hydrogen (secondary N) is 1. The first kappa shape index (κ1) is 26.7. The van der Waals surface area contributed by atoms with Crippen molar-refractivity contribution >= 4 is 23.8 Å². The van der Waals surface area contributed by atoms with Crippen LogP contribution in [0.25, 0.3) is 0 Å². The van der Waals surface area contributed by atoms with Crippen LogP contribution in [0.3, 0.4) is 0 Å². The van der Waals surface area contributed by atoms with Gasteiger partial charge in [0.2, 0.25) is 5.91 Å². The van der Waals surface area contributed by atoms with Gasteiger partial charge in [0.05, 0.1) is 24.2 Å². The molecule has 0 aromatic heterocycles. The molecule has 1 fully saturated rings. The molecule has 0 saturated carbocycles. The molecule has 1 aliphatic heterocycles. The van der Waals surface area contributed by atoms with Crippen molar-refractivity contribution in [1.29, 1.82) is 0 Å². The summed E-state index contributed by atoms with van der Waals surface area (Å²) >= 11 is 0. The maximum atomic E-state index is 11.8. The van der Waals surface area contributed by atoms with Crippen LogP contribution in [0.15, 0.2) is 0 Å². The molecule has 0 bridgehead atoms. The highest BCUT2D eigenvalue weighted by molar-refractivity contribution is 5.77. The van der Waals surface area contributed by atoms with Gasteiger partial charge in [0, 0.05) is 26.2 Å². The second kappa shape index (κ2) is 11.3. The van der Waals surface area contributed by atoms with Crippen molar-refractivity contribution in [1.82, 2.24) is 5.32 Å². The molecule has 1 amide bonds. The number of rotatable bonds is 11. The Bertz CT molecular complexity index is 673. The first-order valence-electron chi connectivity index (χ1n) is 9.35. The Morgan fingerprint density at radius 1 is 1.26 bits per heavy atom. The van der Waals surface area contributed by atoms with Crippen molar-refractivity contribution in [3.8, 4) is 0 Å². The molecule has 1 heterocycles. The number of carbonyl (C=O) groups is 4. The number of ether oxygens (including phenoxy) is 2. The standard InChI is InChI=1S/C17H28N2O12/c1-7(20)19-14(25)13-10(22)5-17(29,16(27)28)31-11(13)4-8(21)6-30-15(26)9(18)2-3-12(23)24/h8-11,13-14,21-22,25,29H,2-6,18H2,1H3,(H,19,20)(H,23,24)(H,27,28)/t8-,9+,10-,11-,13-,14-,17-/m0/s1. The summed E-state index contributed by atoms with van der Waals surface area (Å²) in [7, 11) is 0. The van der Waals surface area contributed by atoms with E-state index < -0.39 is 85.6 Å². The SMILES string of the molecule is CC(=O)N[C@@H](O)[C@@H]1[C@H](C[C@H](O)COC(=O)[C@H](N)CCC(=O)O)O[C@](O)(C(=O)O)C[C@@H]1O. The molecule has 1 saturated heterocycles. The number of carboxylic acids is 2.